The molecule has 1 saturated heterocycles. The van der Waals surface area contributed by atoms with Gasteiger partial charge in [-0.2, -0.15) is 0 Å². The number of nitrogens with one attached hydrogen (secondary N) is 1. The number of carbonyl (C=O) groups is 1. The molecule has 0 unspecified atom stereocenters. The topological polar surface area (TPSA) is 75.7 Å². The Morgan fingerprint density at radius 2 is 2.12 bits per heavy atom. The number of hydrogen-bond donors (Lipinski definition) is 1. The first-order valence-electron chi connectivity index (χ1n) is 8.08. The second-order valence-corrected chi connectivity index (χ2v) is 7.97. The van der Waals surface area contributed by atoms with E-state index in [1.165, 1.54) is 4.31 Å². The molecule has 1 aliphatic heterocycles. The molecule has 24 heavy (non-hydrogen) atoms. The zero-order valence-electron chi connectivity index (χ0n) is 13.9. The van der Waals surface area contributed by atoms with Gasteiger partial charge in [-0.3, -0.25) is 4.79 Å². The van der Waals surface area contributed by atoms with Crippen LogP contribution in [0.15, 0.2) is 36.9 Å². The fourth-order valence-corrected chi connectivity index (χ4v) is 3.81. The molecular weight excluding hydrogens is 328 g/mol. The predicted octanol–water partition coefficient (Wildman–Crippen LogP) is 2.25. The van der Waals surface area contributed by atoms with E-state index in [9.17, 15) is 13.2 Å². The molecule has 1 amide bonds. The Morgan fingerprint density at radius 3 is 2.75 bits per heavy atom. The first-order chi connectivity index (χ1) is 11.5. The second-order valence-electron chi connectivity index (χ2n) is 5.71. The van der Waals surface area contributed by atoms with Crippen LogP contribution in [0.1, 0.15) is 19.8 Å². The molecule has 7 heteroatoms. The lowest BCUT2D eigenvalue weighted by atomic mass is 9.99. The molecule has 0 radical (unpaired) electrons. The summed E-state index contributed by atoms with van der Waals surface area (Å²) in [5, 5.41) is 2.85. The largest absolute Gasteiger partial charge is 0.490 e. The van der Waals surface area contributed by atoms with E-state index < -0.39 is 10.0 Å². The number of hydrogen-bond acceptors (Lipinski definition) is 4. The Hall–Kier alpha value is -1.86. The number of benzene rings is 1. The van der Waals surface area contributed by atoms with Crippen molar-refractivity contribution in [2.45, 2.75) is 19.8 Å². The first kappa shape index (κ1) is 18.5. The first-order valence-corrected chi connectivity index (χ1v) is 9.69. The SMILES string of the molecule is C=CCOc1ccc(NC(=O)[C@@H]2CCCN(S(=O)(=O)CC)C2)cc1. The van der Waals surface area contributed by atoms with Crippen molar-refractivity contribution in [3.05, 3.63) is 36.9 Å². The molecular formula is C17H24N2O4S. The highest BCUT2D eigenvalue weighted by atomic mass is 32.2. The van der Waals surface area contributed by atoms with E-state index in [0.29, 0.717) is 37.4 Å². The molecule has 1 atom stereocenters. The van der Waals surface area contributed by atoms with Crippen LogP contribution in [0.5, 0.6) is 5.75 Å². The molecule has 2 rings (SSSR count). The molecule has 1 aromatic rings. The van der Waals surface area contributed by atoms with Crippen LogP contribution in [0.2, 0.25) is 0 Å². The molecule has 6 nitrogen and oxygen atoms in total. The van der Waals surface area contributed by atoms with Crippen molar-refractivity contribution >= 4 is 21.6 Å². The van der Waals surface area contributed by atoms with E-state index in [0.717, 1.165) is 0 Å². The molecule has 1 N–H and O–H groups in total. The Morgan fingerprint density at radius 1 is 1.42 bits per heavy atom. The lowest BCUT2D eigenvalue weighted by molar-refractivity contribution is -0.120. The zero-order chi connectivity index (χ0) is 17.6. The van der Waals surface area contributed by atoms with Crippen molar-refractivity contribution in [3.63, 3.8) is 0 Å². The summed E-state index contributed by atoms with van der Waals surface area (Å²) >= 11 is 0. The quantitative estimate of drug-likeness (QED) is 0.764. The molecule has 0 aliphatic carbocycles. The van der Waals surface area contributed by atoms with Gasteiger partial charge in [0, 0.05) is 18.8 Å². The van der Waals surface area contributed by atoms with Crippen LogP contribution in [-0.4, -0.2) is 44.1 Å². The van der Waals surface area contributed by atoms with Gasteiger partial charge >= 0.3 is 0 Å². The fourth-order valence-electron chi connectivity index (χ4n) is 2.63. The summed E-state index contributed by atoms with van der Waals surface area (Å²) in [6.07, 6.45) is 3.06. The van der Waals surface area contributed by atoms with Crippen LogP contribution in [0, 0.1) is 5.92 Å². The summed E-state index contributed by atoms with van der Waals surface area (Å²) in [6, 6.07) is 7.07. The molecule has 1 aliphatic rings. The van der Waals surface area contributed by atoms with Crippen molar-refractivity contribution in [2.24, 2.45) is 5.92 Å². The summed E-state index contributed by atoms with van der Waals surface area (Å²) in [4.78, 5) is 12.4. The monoisotopic (exact) mass is 352 g/mol. The van der Waals surface area contributed by atoms with Crippen LogP contribution in [0.25, 0.3) is 0 Å². The van der Waals surface area contributed by atoms with Crippen LogP contribution in [0.4, 0.5) is 5.69 Å². The van der Waals surface area contributed by atoms with E-state index >= 15 is 0 Å². The summed E-state index contributed by atoms with van der Waals surface area (Å²) in [5.74, 6) is 0.293. The van der Waals surface area contributed by atoms with Gasteiger partial charge in [0.25, 0.3) is 0 Å². The number of sulfonamides is 1. The molecule has 0 bridgehead atoms. The number of rotatable bonds is 7. The lowest BCUT2D eigenvalue weighted by Crippen LogP contribution is -2.44. The van der Waals surface area contributed by atoms with Gasteiger partial charge in [-0.1, -0.05) is 12.7 Å². The minimum Gasteiger partial charge on any atom is -0.490 e. The maximum atomic E-state index is 12.4. The minimum absolute atomic E-state index is 0.0630. The number of amides is 1. The molecule has 0 spiro atoms. The van der Waals surface area contributed by atoms with Gasteiger partial charge in [0.15, 0.2) is 0 Å². The van der Waals surface area contributed by atoms with Gasteiger partial charge in [-0.25, -0.2) is 12.7 Å². The molecule has 1 heterocycles. The fraction of sp³-hybridized carbons (Fsp3) is 0.471. The van der Waals surface area contributed by atoms with Crippen molar-refractivity contribution in [1.82, 2.24) is 4.31 Å². The molecule has 132 valence electrons. The molecule has 0 aromatic heterocycles. The minimum atomic E-state index is -3.25. The van der Waals surface area contributed by atoms with Gasteiger partial charge in [0.1, 0.15) is 12.4 Å². The Kier molecular flexibility index (Phi) is 6.39. The van der Waals surface area contributed by atoms with Crippen LogP contribution < -0.4 is 10.1 Å². The maximum Gasteiger partial charge on any atom is 0.228 e. The van der Waals surface area contributed by atoms with E-state index in [4.69, 9.17) is 4.74 Å². The summed E-state index contributed by atoms with van der Waals surface area (Å²) in [5.41, 5.74) is 0.668. The van der Waals surface area contributed by atoms with E-state index in [1.807, 2.05) is 0 Å². The Labute approximate surface area is 143 Å². The third-order valence-electron chi connectivity index (χ3n) is 4.00. The number of ether oxygens (including phenoxy) is 1. The van der Waals surface area contributed by atoms with Crippen molar-refractivity contribution < 1.29 is 17.9 Å². The normalized spacial score (nSPS) is 18.8. The van der Waals surface area contributed by atoms with Crippen molar-refractivity contribution in [2.75, 3.05) is 30.8 Å². The average molecular weight is 352 g/mol. The van der Waals surface area contributed by atoms with Crippen molar-refractivity contribution in [3.8, 4) is 5.75 Å². The Balaban J connectivity index is 1.95. The standard InChI is InChI=1S/C17H24N2O4S/c1-3-12-23-16-9-7-15(8-10-16)18-17(20)14-6-5-11-19(13-14)24(21,22)4-2/h3,7-10,14H,1,4-6,11-13H2,2H3,(H,18,20)/t14-/m1/s1. The van der Waals surface area contributed by atoms with Gasteiger partial charge in [-0.05, 0) is 44.0 Å². The van der Waals surface area contributed by atoms with Crippen molar-refractivity contribution in [1.29, 1.82) is 0 Å². The van der Waals surface area contributed by atoms with Gasteiger partial charge in [0.2, 0.25) is 15.9 Å². The van der Waals surface area contributed by atoms with E-state index in [-0.39, 0.29) is 24.1 Å². The lowest BCUT2D eigenvalue weighted by Gasteiger charge is -2.30. The number of piperidine rings is 1. The van der Waals surface area contributed by atoms with Crippen LogP contribution >= 0.6 is 0 Å². The summed E-state index contributed by atoms with van der Waals surface area (Å²) in [6.45, 7) is 6.38. The number of nitrogens with zero attached hydrogens (tertiary/aromatic N) is 1. The average Bonchev–Trinajstić information content (AvgIpc) is 2.61. The summed E-state index contributed by atoms with van der Waals surface area (Å²) in [7, 11) is -3.25. The van der Waals surface area contributed by atoms with Crippen LogP contribution in [-0.2, 0) is 14.8 Å². The maximum absolute atomic E-state index is 12.4. The highest BCUT2D eigenvalue weighted by Gasteiger charge is 2.31. The third-order valence-corrected chi connectivity index (χ3v) is 5.85. The van der Waals surface area contributed by atoms with E-state index in [2.05, 4.69) is 11.9 Å². The molecule has 1 aromatic carbocycles. The van der Waals surface area contributed by atoms with Gasteiger partial charge < -0.3 is 10.1 Å². The molecule has 1 fully saturated rings. The smallest absolute Gasteiger partial charge is 0.228 e. The Bertz CT molecular complexity index is 670. The van der Waals surface area contributed by atoms with Crippen LogP contribution in [0.3, 0.4) is 0 Å². The van der Waals surface area contributed by atoms with Gasteiger partial charge in [0.05, 0.1) is 11.7 Å². The second kappa shape index (κ2) is 8.30. The molecule has 0 saturated carbocycles. The number of carbonyl (C=O) groups excluding carboxylic acids is 1. The predicted molar refractivity (Wildman–Crippen MR) is 94.5 cm³/mol. The third kappa shape index (κ3) is 4.82. The summed E-state index contributed by atoms with van der Waals surface area (Å²) < 4.78 is 30.8. The van der Waals surface area contributed by atoms with Gasteiger partial charge in [-0.15, -0.1) is 0 Å². The highest BCUT2D eigenvalue weighted by Crippen LogP contribution is 2.22. The highest BCUT2D eigenvalue weighted by molar-refractivity contribution is 7.89. The van der Waals surface area contributed by atoms with E-state index in [1.54, 1.807) is 37.3 Å². The number of anilines is 1. The zero-order valence-corrected chi connectivity index (χ0v) is 14.7.